The van der Waals surface area contributed by atoms with Crippen molar-refractivity contribution in [1.29, 1.82) is 0 Å². The third-order valence-corrected chi connectivity index (χ3v) is 3.34. The Hall–Kier alpha value is -2.15. The lowest BCUT2D eigenvalue weighted by Gasteiger charge is -2.23. The van der Waals surface area contributed by atoms with Gasteiger partial charge in [-0.05, 0) is 25.3 Å². The van der Waals surface area contributed by atoms with E-state index in [4.69, 9.17) is 10.5 Å². The smallest absolute Gasteiger partial charge is 0.282 e. The van der Waals surface area contributed by atoms with E-state index in [2.05, 4.69) is 5.10 Å². The molecule has 1 aromatic heterocycles. The molecule has 0 amide bonds. The summed E-state index contributed by atoms with van der Waals surface area (Å²) in [7, 11) is 0. The van der Waals surface area contributed by atoms with Gasteiger partial charge in [0.05, 0.1) is 22.0 Å². The van der Waals surface area contributed by atoms with Crippen molar-refractivity contribution in [2.75, 3.05) is 12.3 Å². The number of ether oxygens (including phenoxy) is 1. The third-order valence-electron chi connectivity index (χ3n) is 3.34. The molecular formula is C12H14N4O3. The number of hydrogen-bond donors (Lipinski definition) is 1. The lowest BCUT2D eigenvalue weighted by atomic mass is 10.1. The highest BCUT2D eigenvalue weighted by atomic mass is 16.6. The molecule has 0 radical (unpaired) electrons. The first-order chi connectivity index (χ1) is 9.16. The van der Waals surface area contributed by atoms with E-state index < -0.39 is 4.92 Å². The summed E-state index contributed by atoms with van der Waals surface area (Å²) in [5.74, 6) is 0. The Kier molecular flexibility index (Phi) is 2.83. The number of non-ortho nitro benzene ring substituents is 1. The molecule has 2 heterocycles. The number of nitro benzene ring substituents is 1. The zero-order valence-corrected chi connectivity index (χ0v) is 10.3. The Morgan fingerprint density at radius 2 is 2.32 bits per heavy atom. The summed E-state index contributed by atoms with van der Waals surface area (Å²) in [5, 5.41) is 15.8. The minimum absolute atomic E-state index is 0.0166. The number of aromatic nitrogens is 2. The molecule has 3 rings (SSSR count). The number of nitrogens with two attached hydrogens (primary N) is 1. The number of fused-ring (bicyclic) bond motifs is 1. The van der Waals surface area contributed by atoms with Gasteiger partial charge in [-0.1, -0.05) is 0 Å². The van der Waals surface area contributed by atoms with Crippen molar-refractivity contribution in [2.45, 2.75) is 25.5 Å². The molecule has 1 aliphatic rings. The van der Waals surface area contributed by atoms with E-state index in [0.29, 0.717) is 23.2 Å². The van der Waals surface area contributed by atoms with Crippen LogP contribution in [0.1, 0.15) is 25.5 Å². The zero-order chi connectivity index (χ0) is 13.4. The van der Waals surface area contributed by atoms with E-state index >= 15 is 0 Å². The molecule has 1 unspecified atom stereocenters. The fourth-order valence-corrected chi connectivity index (χ4v) is 2.45. The van der Waals surface area contributed by atoms with Crippen molar-refractivity contribution in [3.05, 3.63) is 28.4 Å². The van der Waals surface area contributed by atoms with Gasteiger partial charge in [0.1, 0.15) is 0 Å². The molecule has 0 aliphatic carbocycles. The van der Waals surface area contributed by atoms with Crippen molar-refractivity contribution < 1.29 is 9.66 Å². The summed E-state index contributed by atoms with van der Waals surface area (Å²) in [4.78, 5) is 10.6. The standard InChI is InChI=1S/C12H14N4O3/c13-8-5-10-9(11(6-8)16(17)18)7-14-15(10)12-3-1-2-4-19-12/h5-7,12H,1-4,13H2. The van der Waals surface area contributed by atoms with Gasteiger partial charge in [-0.3, -0.25) is 10.1 Å². The second-order valence-electron chi connectivity index (χ2n) is 4.64. The minimum atomic E-state index is -0.438. The van der Waals surface area contributed by atoms with E-state index in [1.165, 1.54) is 12.3 Å². The van der Waals surface area contributed by atoms with E-state index in [1.54, 1.807) is 10.7 Å². The van der Waals surface area contributed by atoms with E-state index in [1.807, 2.05) is 0 Å². The fourth-order valence-electron chi connectivity index (χ4n) is 2.45. The van der Waals surface area contributed by atoms with Crippen LogP contribution in [-0.2, 0) is 4.74 Å². The van der Waals surface area contributed by atoms with Crippen LogP contribution in [0.3, 0.4) is 0 Å². The number of nitrogens with zero attached hydrogens (tertiary/aromatic N) is 3. The Balaban J connectivity index is 2.14. The van der Waals surface area contributed by atoms with Crippen LogP contribution in [0.4, 0.5) is 11.4 Å². The van der Waals surface area contributed by atoms with Gasteiger partial charge in [0.15, 0.2) is 6.23 Å². The summed E-state index contributed by atoms with van der Waals surface area (Å²) < 4.78 is 7.35. The van der Waals surface area contributed by atoms with Gasteiger partial charge < -0.3 is 10.5 Å². The molecule has 1 saturated heterocycles. The molecule has 1 fully saturated rings. The maximum absolute atomic E-state index is 11.0. The summed E-state index contributed by atoms with van der Waals surface area (Å²) in [5.41, 5.74) is 6.73. The molecule has 0 spiro atoms. The average Bonchev–Trinajstić information content (AvgIpc) is 2.82. The fraction of sp³-hybridized carbons (Fsp3) is 0.417. The molecule has 1 aromatic carbocycles. The summed E-state index contributed by atoms with van der Waals surface area (Å²) >= 11 is 0. The molecule has 0 bridgehead atoms. The number of anilines is 1. The molecule has 1 atom stereocenters. The van der Waals surface area contributed by atoms with Crippen LogP contribution in [0.5, 0.6) is 0 Å². The Bertz CT molecular complexity index is 631. The summed E-state index contributed by atoms with van der Waals surface area (Å²) in [6.45, 7) is 0.691. The monoisotopic (exact) mass is 262 g/mol. The molecule has 19 heavy (non-hydrogen) atoms. The zero-order valence-electron chi connectivity index (χ0n) is 10.3. The van der Waals surface area contributed by atoms with E-state index in [0.717, 1.165) is 19.3 Å². The van der Waals surface area contributed by atoms with Crippen LogP contribution in [0.25, 0.3) is 10.9 Å². The van der Waals surface area contributed by atoms with Crippen LogP contribution in [0, 0.1) is 10.1 Å². The van der Waals surface area contributed by atoms with Crippen molar-refractivity contribution in [3.63, 3.8) is 0 Å². The van der Waals surface area contributed by atoms with E-state index in [-0.39, 0.29) is 11.9 Å². The average molecular weight is 262 g/mol. The Morgan fingerprint density at radius 1 is 1.47 bits per heavy atom. The van der Waals surface area contributed by atoms with Crippen molar-refractivity contribution in [1.82, 2.24) is 9.78 Å². The minimum Gasteiger partial charge on any atom is -0.398 e. The lowest BCUT2D eigenvalue weighted by molar-refractivity contribution is -0.383. The summed E-state index contributed by atoms with van der Waals surface area (Å²) in [6, 6.07) is 3.06. The van der Waals surface area contributed by atoms with Crippen LogP contribution in [0.15, 0.2) is 18.3 Å². The number of rotatable bonds is 2. The predicted molar refractivity (Wildman–Crippen MR) is 69.6 cm³/mol. The van der Waals surface area contributed by atoms with Gasteiger partial charge in [0.2, 0.25) is 0 Å². The topological polar surface area (TPSA) is 96.2 Å². The predicted octanol–water partition coefficient (Wildman–Crippen LogP) is 2.23. The second-order valence-corrected chi connectivity index (χ2v) is 4.64. The highest BCUT2D eigenvalue weighted by molar-refractivity contribution is 5.91. The molecule has 1 aliphatic heterocycles. The number of nitrogen functional groups attached to an aromatic ring is 1. The molecule has 7 heteroatoms. The highest BCUT2D eigenvalue weighted by Crippen LogP contribution is 2.32. The van der Waals surface area contributed by atoms with Crippen molar-refractivity contribution in [2.24, 2.45) is 0 Å². The van der Waals surface area contributed by atoms with Gasteiger partial charge in [-0.2, -0.15) is 5.10 Å². The molecule has 2 aromatic rings. The molecule has 0 saturated carbocycles. The lowest BCUT2D eigenvalue weighted by Crippen LogP contribution is -2.19. The molecule has 2 N–H and O–H groups in total. The van der Waals surface area contributed by atoms with Gasteiger partial charge in [-0.15, -0.1) is 0 Å². The molecule has 100 valence electrons. The first-order valence-corrected chi connectivity index (χ1v) is 6.19. The number of benzene rings is 1. The maximum Gasteiger partial charge on any atom is 0.282 e. The quantitative estimate of drug-likeness (QED) is 0.508. The molecule has 7 nitrogen and oxygen atoms in total. The third kappa shape index (κ3) is 2.01. The van der Waals surface area contributed by atoms with Gasteiger partial charge in [0.25, 0.3) is 5.69 Å². The first-order valence-electron chi connectivity index (χ1n) is 6.19. The van der Waals surface area contributed by atoms with Gasteiger partial charge >= 0.3 is 0 Å². The Morgan fingerprint density at radius 3 is 3.00 bits per heavy atom. The largest absolute Gasteiger partial charge is 0.398 e. The van der Waals surface area contributed by atoms with Crippen LogP contribution in [-0.4, -0.2) is 21.3 Å². The second kappa shape index (κ2) is 4.51. The molecular weight excluding hydrogens is 248 g/mol. The number of nitro groups is 1. The number of hydrogen-bond acceptors (Lipinski definition) is 5. The normalized spacial score (nSPS) is 19.7. The van der Waals surface area contributed by atoms with Crippen LogP contribution >= 0.6 is 0 Å². The van der Waals surface area contributed by atoms with E-state index in [9.17, 15) is 10.1 Å². The SMILES string of the molecule is Nc1cc([N+](=O)[O-])c2cnn(C3CCCCO3)c2c1. The van der Waals surface area contributed by atoms with Gasteiger partial charge in [-0.25, -0.2) is 4.68 Å². The van der Waals surface area contributed by atoms with Gasteiger partial charge in [0, 0.05) is 18.4 Å². The Labute approximate surface area is 109 Å². The van der Waals surface area contributed by atoms with Crippen LogP contribution in [0.2, 0.25) is 0 Å². The highest BCUT2D eigenvalue weighted by Gasteiger charge is 2.22. The van der Waals surface area contributed by atoms with Crippen molar-refractivity contribution in [3.8, 4) is 0 Å². The van der Waals surface area contributed by atoms with Crippen LogP contribution < -0.4 is 5.73 Å². The maximum atomic E-state index is 11.0. The first kappa shape index (κ1) is 11.9. The summed E-state index contributed by atoms with van der Waals surface area (Å²) in [6.07, 6.45) is 4.31. The van der Waals surface area contributed by atoms with Crippen molar-refractivity contribution >= 4 is 22.3 Å².